The highest BCUT2D eigenvalue weighted by Gasteiger charge is 2.13. The predicted octanol–water partition coefficient (Wildman–Crippen LogP) is 3.66. The van der Waals surface area contributed by atoms with Crippen molar-refractivity contribution in [3.8, 4) is 11.1 Å². The minimum atomic E-state index is -0.552. The lowest BCUT2D eigenvalue weighted by Gasteiger charge is -2.05. The normalized spacial score (nSPS) is 9.95. The molecule has 0 unspecified atom stereocenters. The van der Waals surface area contributed by atoms with E-state index in [0.717, 1.165) is 11.1 Å². The fourth-order valence-corrected chi connectivity index (χ4v) is 1.99. The SMILES string of the molecule is C=C(CC(=O)c1ccc(-c2ccccc2)cc1)C(=O)OC. The van der Waals surface area contributed by atoms with Crippen molar-refractivity contribution in [1.82, 2.24) is 0 Å². The van der Waals surface area contributed by atoms with Crippen molar-refractivity contribution in [1.29, 1.82) is 0 Å². The number of ketones is 1. The van der Waals surface area contributed by atoms with Gasteiger partial charge in [-0.05, 0) is 11.1 Å². The second-order valence-corrected chi connectivity index (χ2v) is 4.64. The van der Waals surface area contributed by atoms with E-state index in [1.807, 2.05) is 42.5 Å². The Kier molecular flexibility index (Phi) is 4.67. The van der Waals surface area contributed by atoms with Gasteiger partial charge in [0.15, 0.2) is 5.78 Å². The Bertz CT molecular complexity index is 655. The summed E-state index contributed by atoms with van der Waals surface area (Å²) in [6.07, 6.45) is -0.0304. The van der Waals surface area contributed by atoms with Crippen LogP contribution in [0.15, 0.2) is 66.7 Å². The van der Waals surface area contributed by atoms with Gasteiger partial charge in [-0.1, -0.05) is 61.2 Å². The molecule has 106 valence electrons. The molecule has 2 rings (SSSR count). The molecule has 21 heavy (non-hydrogen) atoms. The fraction of sp³-hybridized carbons (Fsp3) is 0.111. The molecule has 3 nitrogen and oxygen atoms in total. The molecule has 0 aliphatic heterocycles. The molecule has 0 amide bonds. The molecule has 0 fully saturated rings. The smallest absolute Gasteiger partial charge is 0.333 e. The predicted molar refractivity (Wildman–Crippen MR) is 82.0 cm³/mol. The molecule has 0 bridgehead atoms. The zero-order valence-corrected chi connectivity index (χ0v) is 11.8. The summed E-state index contributed by atoms with van der Waals surface area (Å²) in [7, 11) is 1.27. The molecule has 0 aliphatic carbocycles. The van der Waals surface area contributed by atoms with E-state index in [0.29, 0.717) is 5.56 Å². The number of benzene rings is 2. The Morgan fingerprint density at radius 1 is 0.952 bits per heavy atom. The van der Waals surface area contributed by atoms with Crippen molar-refractivity contribution < 1.29 is 14.3 Å². The van der Waals surface area contributed by atoms with E-state index < -0.39 is 5.97 Å². The van der Waals surface area contributed by atoms with Crippen molar-refractivity contribution in [2.45, 2.75) is 6.42 Å². The molecule has 0 radical (unpaired) electrons. The standard InChI is InChI=1S/C18H16O3/c1-13(18(20)21-2)12-17(19)16-10-8-15(9-11-16)14-6-4-3-5-7-14/h3-11H,1,12H2,2H3. The van der Waals surface area contributed by atoms with Crippen LogP contribution >= 0.6 is 0 Å². The Hall–Kier alpha value is -2.68. The lowest BCUT2D eigenvalue weighted by Crippen LogP contribution is -2.09. The summed E-state index contributed by atoms with van der Waals surface area (Å²) < 4.78 is 4.54. The van der Waals surface area contributed by atoms with Crippen LogP contribution in [0.2, 0.25) is 0 Å². The van der Waals surface area contributed by atoms with Gasteiger partial charge in [-0.2, -0.15) is 0 Å². The zero-order chi connectivity index (χ0) is 15.2. The molecule has 2 aromatic carbocycles. The lowest BCUT2D eigenvalue weighted by atomic mass is 10.00. The van der Waals surface area contributed by atoms with Gasteiger partial charge in [0, 0.05) is 17.6 Å². The third kappa shape index (κ3) is 3.66. The Morgan fingerprint density at radius 3 is 2.10 bits per heavy atom. The molecule has 0 aromatic heterocycles. The van der Waals surface area contributed by atoms with Crippen LogP contribution in [0.4, 0.5) is 0 Å². The highest BCUT2D eigenvalue weighted by Crippen LogP contribution is 2.20. The summed E-state index contributed by atoms with van der Waals surface area (Å²) in [5.41, 5.74) is 2.85. The number of esters is 1. The molecule has 0 spiro atoms. The third-order valence-corrected chi connectivity index (χ3v) is 3.16. The van der Waals surface area contributed by atoms with Gasteiger partial charge in [-0.25, -0.2) is 4.79 Å². The van der Waals surface area contributed by atoms with Crippen LogP contribution in [-0.2, 0) is 9.53 Å². The fourth-order valence-electron chi connectivity index (χ4n) is 1.99. The van der Waals surface area contributed by atoms with Gasteiger partial charge in [-0.15, -0.1) is 0 Å². The molecule has 0 atom stereocenters. The highest BCUT2D eigenvalue weighted by atomic mass is 16.5. The van der Waals surface area contributed by atoms with Gasteiger partial charge in [0.05, 0.1) is 7.11 Å². The van der Waals surface area contributed by atoms with E-state index in [1.54, 1.807) is 12.1 Å². The third-order valence-electron chi connectivity index (χ3n) is 3.16. The zero-order valence-electron chi connectivity index (χ0n) is 11.8. The maximum absolute atomic E-state index is 12.1. The van der Waals surface area contributed by atoms with E-state index in [2.05, 4.69) is 11.3 Å². The van der Waals surface area contributed by atoms with Crippen molar-refractivity contribution in [3.63, 3.8) is 0 Å². The van der Waals surface area contributed by atoms with Crippen molar-refractivity contribution in [3.05, 3.63) is 72.3 Å². The number of Topliss-reactive ketones (excluding diaryl/α,β-unsaturated/α-hetero) is 1. The van der Waals surface area contributed by atoms with Crippen LogP contribution in [0, 0.1) is 0 Å². The number of ether oxygens (including phenoxy) is 1. The average Bonchev–Trinajstić information content (AvgIpc) is 2.55. The van der Waals surface area contributed by atoms with Gasteiger partial charge in [0.25, 0.3) is 0 Å². The average molecular weight is 280 g/mol. The molecule has 0 saturated carbocycles. The molecule has 0 heterocycles. The Morgan fingerprint density at radius 2 is 1.52 bits per heavy atom. The highest BCUT2D eigenvalue weighted by molar-refractivity contribution is 6.03. The first kappa shape index (κ1) is 14.7. The topological polar surface area (TPSA) is 43.4 Å². The van der Waals surface area contributed by atoms with Crippen molar-refractivity contribution >= 4 is 11.8 Å². The van der Waals surface area contributed by atoms with Crippen LogP contribution in [0.1, 0.15) is 16.8 Å². The second kappa shape index (κ2) is 6.66. The van der Waals surface area contributed by atoms with E-state index in [-0.39, 0.29) is 17.8 Å². The van der Waals surface area contributed by atoms with Crippen LogP contribution in [-0.4, -0.2) is 18.9 Å². The summed E-state index contributed by atoms with van der Waals surface area (Å²) in [6, 6.07) is 17.2. The number of rotatable bonds is 5. The molecule has 0 N–H and O–H groups in total. The first-order valence-electron chi connectivity index (χ1n) is 6.56. The Labute approximate surface area is 123 Å². The number of carbonyl (C=O) groups excluding carboxylic acids is 2. The maximum atomic E-state index is 12.1. The summed E-state index contributed by atoms with van der Waals surface area (Å²) >= 11 is 0. The van der Waals surface area contributed by atoms with Crippen LogP contribution in [0.25, 0.3) is 11.1 Å². The molecular formula is C18H16O3. The van der Waals surface area contributed by atoms with Gasteiger partial charge >= 0.3 is 5.97 Å². The minimum Gasteiger partial charge on any atom is -0.466 e. The van der Waals surface area contributed by atoms with Crippen LogP contribution in [0.5, 0.6) is 0 Å². The Balaban J connectivity index is 2.10. The first-order valence-corrected chi connectivity index (χ1v) is 6.56. The summed E-state index contributed by atoms with van der Waals surface area (Å²) in [6.45, 7) is 3.56. The molecule has 2 aromatic rings. The lowest BCUT2D eigenvalue weighted by molar-refractivity contribution is -0.136. The minimum absolute atomic E-state index is 0.0304. The summed E-state index contributed by atoms with van der Waals surface area (Å²) in [4.78, 5) is 23.3. The molecule has 0 aliphatic rings. The van der Waals surface area contributed by atoms with E-state index in [1.165, 1.54) is 7.11 Å². The summed E-state index contributed by atoms with van der Waals surface area (Å²) in [5, 5.41) is 0. The van der Waals surface area contributed by atoms with Gasteiger partial charge in [-0.3, -0.25) is 4.79 Å². The molecule has 3 heteroatoms. The quantitative estimate of drug-likeness (QED) is 0.477. The first-order chi connectivity index (χ1) is 10.1. The second-order valence-electron chi connectivity index (χ2n) is 4.64. The van der Waals surface area contributed by atoms with E-state index in [9.17, 15) is 9.59 Å². The van der Waals surface area contributed by atoms with Crippen molar-refractivity contribution in [2.24, 2.45) is 0 Å². The van der Waals surface area contributed by atoms with Crippen LogP contribution in [0.3, 0.4) is 0 Å². The monoisotopic (exact) mass is 280 g/mol. The number of hydrogen-bond acceptors (Lipinski definition) is 3. The number of carbonyl (C=O) groups is 2. The van der Waals surface area contributed by atoms with Gasteiger partial charge < -0.3 is 4.74 Å². The van der Waals surface area contributed by atoms with Gasteiger partial charge in [0.2, 0.25) is 0 Å². The van der Waals surface area contributed by atoms with E-state index >= 15 is 0 Å². The summed E-state index contributed by atoms with van der Waals surface area (Å²) in [5.74, 6) is -0.700. The largest absolute Gasteiger partial charge is 0.466 e. The molecule has 0 saturated heterocycles. The number of methoxy groups -OCH3 is 1. The maximum Gasteiger partial charge on any atom is 0.333 e. The number of hydrogen-bond donors (Lipinski definition) is 0. The van der Waals surface area contributed by atoms with E-state index in [4.69, 9.17) is 0 Å². The van der Waals surface area contributed by atoms with Gasteiger partial charge in [0.1, 0.15) is 0 Å². The molecular weight excluding hydrogens is 264 g/mol. The van der Waals surface area contributed by atoms with Crippen molar-refractivity contribution in [2.75, 3.05) is 7.11 Å². The van der Waals surface area contributed by atoms with Crippen LogP contribution < -0.4 is 0 Å².